The van der Waals surface area contributed by atoms with E-state index in [9.17, 15) is 4.39 Å². The van der Waals surface area contributed by atoms with Crippen molar-refractivity contribution in [3.05, 3.63) is 24.0 Å². The molecule has 0 saturated heterocycles. The first-order valence-corrected chi connectivity index (χ1v) is 4.88. The van der Waals surface area contributed by atoms with Gasteiger partial charge in [0.05, 0.1) is 7.11 Å². The molecule has 1 aromatic rings. The average molecular weight is 208 g/mol. The molecule has 1 aromatic carbocycles. The van der Waals surface area contributed by atoms with Crippen LogP contribution in [0.2, 0.25) is 0 Å². The fourth-order valence-electron chi connectivity index (χ4n) is 1.31. The van der Waals surface area contributed by atoms with Gasteiger partial charge in [0.2, 0.25) is 0 Å². The molecular formula is C11H13FN2O. The van der Waals surface area contributed by atoms with Crippen LogP contribution < -0.4 is 10.5 Å². The first-order chi connectivity index (χ1) is 7.20. The van der Waals surface area contributed by atoms with Crippen molar-refractivity contribution >= 4 is 11.5 Å². The third kappa shape index (κ3) is 2.26. The molecule has 80 valence electrons. The largest absolute Gasteiger partial charge is 0.497 e. The number of rotatable bonds is 3. The number of aliphatic imine (C=N–C) groups is 1. The summed E-state index contributed by atoms with van der Waals surface area (Å²) in [7, 11) is 1.53. The fourth-order valence-corrected chi connectivity index (χ4v) is 1.31. The molecule has 0 spiro atoms. The normalized spacial score (nSPS) is 16.5. The maximum atomic E-state index is 13.3. The van der Waals surface area contributed by atoms with Gasteiger partial charge >= 0.3 is 0 Å². The van der Waals surface area contributed by atoms with E-state index in [1.165, 1.54) is 13.2 Å². The average Bonchev–Trinajstić information content (AvgIpc) is 3.04. The van der Waals surface area contributed by atoms with Gasteiger partial charge in [0.25, 0.3) is 0 Å². The second-order valence-electron chi connectivity index (χ2n) is 3.63. The first kappa shape index (κ1) is 9.96. The maximum absolute atomic E-state index is 13.3. The predicted octanol–water partition coefficient (Wildman–Crippen LogP) is 2.23. The molecule has 2 rings (SSSR count). The molecule has 4 heteroatoms. The lowest BCUT2D eigenvalue weighted by Gasteiger charge is -2.03. The summed E-state index contributed by atoms with van der Waals surface area (Å²) in [5.41, 5.74) is 5.96. The Morgan fingerprint density at radius 2 is 2.27 bits per heavy atom. The lowest BCUT2D eigenvalue weighted by Crippen LogP contribution is -2.13. The summed E-state index contributed by atoms with van der Waals surface area (Å²) >= 11 is 0. The molecule has 0 bridgehead atoms. The van der Waals surface area contributed by atoms with Crippen molar-refractivity contribution in [3.8, 4) is 5.75 Å². The van der Waals surface area contributed by atoms with Crippen LogP contribution in [0.4, 0.5) is 10.1 Å². The summed E-state index contributed by atoms with van der Waals surface area (Å²) in [6.45, 7) is 0. The van der Waals surface area contributed by atoms with Crippen molar-refractivity contribution in [3.63, 3.8) is 0 Å². The van der Waals surface area contributed by atoms with E-state index in [-0.39, 0.29) is 11.5 Å². The van der Waals surface area contributed by atoms with E-state index in [0.29, 0.717) is 17.5 Å². The highest BCUT2D eigenvalue weighted by Crippen LogP contribution is 2.31. The number of ether oxygens (including phenoxy) is 1. The van der Waals surface area contributed by atoms with Gasteiger partial charge in [0.15, 0.2) is 0 Å². The van der Waals surface area contributed by atoms with Crippen LogP contribution in [-0.4, -0.2) is 12.9 Å². The number of benzene rings is 1. The van der Waals surface area contributed by atoms with E-state index in [4.69, 9.17) is 10.5 Å². The highest BCUT2D eigenvalue weighted by atomic mass is 19.1. The van der Waals surface area contributed by atoms with E-state index >= 15 is 0 Å². The number of halogens is 1. The van der Waals surface area contributed by atoms with Crippen molar-refractivity contribution in [1.29, 1.82) is 0 Å². The summed E-state index contributed by atoms with van der Waals surface area (Å²) in [5.74, 6) is 1.07. The highest BCUT2D eigenvalue weighted by molar-refractivity contribution is 5.87. The zero-order valence-electron chi connectivity index (χ0n) is 8.53. The molecule has 0 aliphatic heterocycles. The zero-order chi connectivity index (χ0) is 10.8. The second kappa shape index (κ2) is 3.88. The molecule has 0 aromatic heterocycles. The summed E-state index contributed by atoms with van der Waals surface area (Å²) < 4.78 is 18.3. The van der Waals surface area contributed by atoms with Crippen LogP contribution in [0.1, 0.15) is 12.8 Å². The van der Waals surface area contributed by atoms with Gasteiger partial charge in [-0.05, 0) is 25.0 Å². The number of nitrogens with zero attached hydrogens (tertiary/aromatic N) is 1. The van der Waals surface area contributed by atoms with E-state index in [2.05, 4.69) is 4.99 Å². The van der Waals surface area contributed by atoms with Gasteiger partial charge in [-0.3, -0.25) is 0 Å². The summed E-state index contributed by atoms with van der Waals surface area (Å²) in [6.07, 6.45) is 2.11. The minimum Gasteiger partial charge on any atom is -0.497 e. The Balaban J connectivity index is 2.29. The van der Waals surface area contributed by atoms with Gasteiger partial charge in [-0.1, -0.05) is 0 Å². The Morgan fingerprint density at radius 1 is 1.53 bits per heavy atom. The Labute approximate surface area is 87.8 Å². The number of amidine groups is 1. The molecule has 0 radical (unpaired) electrons. The van der Waals surface area contributed by atoms with Gasteiger partial charge in [0.1, 0.15) is 23.1 Å². The molecule has 1 aliphatic rings. The Hall–Kier alpha value is -1.58. The van der Waals surface area contributed by atoms with E-state index < -0.39 is 0 Å². The van der Waals surface area contributed by atoms with E-state index in [1.54, 1.807) is 12.1 Å². The van der Waals surface area contributed by atoms with Gasteiger partial charge in [-0.2, -0.15) is 0 Å². The quantitative estimate of drug-likeness (QED) is 0.611. The van der Waals surface area contributed by atoms with Crippen molar-refractivity contribution < 1.29 is 9.13 Å². The minimum atomic E-state index is -0.376. The van der Waals surface area contributed by atoms with Gasteiger partial charge in [-0.25, -0.2) is 9.38 Å². The number of hydrogen-bond donors (Lipinski definition) is 1. The molecule has 0 heterocycles. The topological polar surface area (TPSA) is 47.6 Å². The van der Waals surface area contributed by atoms with Crippen LogP contribution in [-0.2, 0) is 0 Å². The molecular weight excluding hydrogens is 195 g/mol. The Morgan fingerprint density at radius 3 is 2.87 bits per heavy atom. The maximum Gasteiger partial charge on any atom is 0.149 e. The lowest BCUT2D eigenvalue weighted by atomic mass is 10.3. The number of nitrogens with two attached hydrogens (primary N) is 1. The van der Waals surface area contributed by atoms with Crippen molar-refractivity contribution in [1.82, 2.24) is 0 Å². The van der Waals surface area contributed by atoms with Crippen LogP contribution in [0.3, 0.4) is 0 Å². The first-order valence-electron chi connectivity index (χ1n) is 4.88. The number of methoxy groups -OCH3 is 1. The molecule has 1 fully saturated rings. The zero-order valence-corrected chi connectivity index (χ0v) is 8.53. The standard InChI is InChI=1S/C11H13FN2O/c1-15-8-4-5-9(12)10(6-8)14-11(13)7-2-3-7/h4-7H,2-3H2,1H3,(H2,13,14). The van der Waals surface area contributed by atoms with Crippen LogP contribution >= 0.6 is 0 Å². The van der Waals surface area contributed by atoms with Crippen molar-refractivity contribution in [2.45, 2.75) is 12.8 Å². The Bertz CT molecular complexity index is 400. The second-order valence-corrected chi connectivity index (χ2v) is 3.63. The third-order valence-electron chi connectivity index (χ3n) is 2.40. The monoisotopic (exact) mass is 208 g/mol. The highest BCUT2D eigenvalue weighted by Gasteiger charge is 2.25. The summed E-state index contributed by atoms with van der Waals surface area (Å²) in [5, 5.41) is 0. The van der Waals surface area contributed by atoms with Gasteiger partial charge < -0.3 is 10.5 Å². The Kier molecular flexibility index (Phi) is 2.58. The van der Waals surface area contributed by atoms with Crippen molar-refractivity contribution in [2.75, 3.05) is 7.11 Å². The molecule has 0 unspecified atom stereocenters. The predicted molar refractivity (Wildman–Crippen MR) is 57.0 cm³/mol. The molecule has 1 saturated carbocycles. The SMILES string of the molecule is COc1ccc(F)c(N=C(N)C2CC2)c1. The fraction of sp³-hybridized carbons (Fsp3) is 0.364. The van der Waals surface area contributed by atoms with Crippen LogP contribution in [0.5, 0.6) is 5.75 Å². The lowest BCUT2D eigenvalue weighted by molar-refractivity contribution is 0.414. The number of hydrogen-bond acceptors (Lipinski definition) is 2. The van der Waals surface area contributed by atoms with Gasteiger partial charge in [0, 0.05) is 12.0 Å². The van der Waals surface area contributed by atoms with Crippen LogP contribution in [0, 0.1) is 11.7 Å². The van der Waals surface area contributed by atoms with Crippen LogP contribution in [0.15, 0.2) is 23.2 Å². The third-order valence-corrected chi connectivity index (χ3v) is 2.40. The summed E-state index contributed by atoms with van der Waals surface area (Å²) in [4.78, 5) is 4.07. The molecule has 0 atom stereocenters. The molecule has 1 aliphatic carbocycles. The summed E-state index contributed by atoms with van der Waals surface area (Å²) in [6, 6.07) is 4.43. The molecule has 0 amide bonds. The van der Waals surface area contributed by atoms with E-state index in [0.717, 1.165) is 12.8 Å². The molecule has 3 nitrogen and oxygen atoms in total. The van der Waals surface area contributed by atoms with Crippen molar-refractivity contribution in [2.24, 2.45) is 16.6 Å². The molecule has 15 heavy (non-hydrogen) atoms. The smallest absolute Gasteiger partial charge is 0.149 e. The van der Waals surface area contributed by atoms with Gasteiger partial charge in [-0.15, -0.1) is 0 Å². The van der Waals surface area contributed by atoms with E-state index in [1.807, 2.05) is 0 Å². The van der Waals surface area contributed by atoms with Crippen LogP contribution in [0.25, 0.3) is 0 Å². The molecule has 2 N–H and O–H groups in total. The minimum absolute atomic E-state index is 0.249.